The van der Waals surface area contributed by atoms with Crippen LogP contribution in [-0.4, -0.2) is 44.7 Å². The van der Waals surface area contributed by atoms with Gasteiger partial charge in [-0.15, -0.1) is 0 Å². The van der Waals surface area contributed by atoms with Crippen molar-refractivity contribution in [3.05, 3.63) is 72.8 Å². The summed E-state index contributed by atoms with van der Waals surface area (Å²) in [4.78, 5) is 0. The van der Waals surface area contributed by atoms with Gasteiger partial charge in [0.15, 0.2) is 0 Å². The first-order valence-corrected chi connectivity index (χ1v) is 13.7. The Labute approximate surface area is 215 Å². The van der Waals surface area contributed by atoms with Gasteiger partial charge in [0.2, 0.25) is 11.0 Å². The molecule has 0 fully saturated rings. The molecular formula is C26H29F6N2O3P. The maximum absolute atomic E-state index is 10.7. The second-order valence-electron chi connectivity index (χ2n) is 8.38. The zero-order chi connectivity index (χ0) is 27.9. The fourth-order valence-corrected chi connectivity index (χ4v) is 3.95. The van der Waals surface area contributed by atoms with Crippen LogP contribution in [0.2, 0.25) is 0 Å². The minimum absolute atomic E-state index is 0.0462. The SMILES string of the molecule is C[n+]1c2ccccc2c(-c2ccc(NCCOCCOCCO)cc2)c2ccccc21.F[P-](F)(F)(F)(F)F. The van der Waals surface area contributed by atoms with E-state index in [1.165, 1.54) is 32.9 Å². The Morgan fingerprint density at radius 3 is 1.68 bits per heavy atom. The van der Waals surface area contributed by atoms with E-state index in [2.05, 4.69) is 89.7 Å². The van der Waals surface area contributed by atoms with Gasteiger partial charge in [-0.05, 0) is 29.8 Å². The zero-order valence-corrected chi connectivity index (χ0v) is 21.5. The van der Waals surface area contributed by atoms with Crippen LogP contribution < -0.4 is 9.88 Å². The molecule has 0 aliphatic heterocycles. The van der Waals surface area contributed by atoms with Gasteiger partial charge < -0.3 is 19.9 Å². The van der Waals surface area contributed by atoms with E-state index in [0.29, 0.717) is 26.4 Å². The fraction of sp³-hybridized carbons (Fsp3) is 0.269. The van der Waals surface area contributed by atoms with Gasteiger partial charge in [0.05, 0.1) is 43.8 Å². The first-order valence-electron chi connectivity index (χ1n) is 11.7. The van der Waals surface area contributed by atoms with E-state index in [-0.39, 0.29) is 6.61 Å². The number of aliphatic hydroxyl groups is 1. The number of hydrogen-bond acceptors (Lipinski definition) is 4. The van der Waals surface area contributed by atoms with E-state index in [1.54, 1.807) is 0 Å². The van der Waals surface area contributed by atoms with Crippen LogP contribution in [-0.2, 0) is 16.5 Å². The summed E-state index contributed by atoms with van der Waals surface area (Å²) in [5.41, 5.74) is 5.98. The number of halogens is 6. The number of anilines is 1. The summed E-state index contributed by atoms with van der Waals surface area (Å²) in [7, 11) is -8.53. The predicted molar refractivity (Wildman–Crippen MR) is 139 cm³/mol. The Bertz CT molecular complexity index is 1300. The molecule has 0 aliphatic rings. The predicted octanol–water partition coefficient (Wildman–Crippen LogP) is 7.30. The molecular weight excluding hydrogens is 533 g/mol. The van der Waals surface area contributed by atoms with Gasteiger partial charge >= 0.3 is 33.0 Å². The molecule has 0 bridgehead atoms. The van der Waals surface area contributed by atoms with Gasteiger partial charge in [-0.25, -0.2) is 0 Å². The molecule has 5 nitrogen and oxygen atoms in total. The summed E-state index contributed by atoms with van der Waals surface area (Å²) in [5, 5.41) is 14.6. The molecule has 0 unspecified atom stereocenters. The normalized spacial score (nSPS) is 13.5. The number of rotatable bonds is 10. The average Bonchev–Trinajstić information content (AvgIpc) is 2.85. The molecule has 12 heteroatoms. The Balaban J connectivity index is 0.000000505. The second-order valence-corrected chi connectivity index (χ2v) is 10.3. The molecule has 0 amide bonds. The van der Waals surface area contributed by atoms with Gasteiger partial charge in [0.1, 0.15) is 7.05 Å². The Morgan fingerprint density at radius 1 is 0.711 bits per heavy atom. The van der Waals surface area contributed by atoms with Crippen LogP contribution in [0.5, 0.6) is 0 Å². The van der Waals surface area contributed by atoms with Crippen molar-refractivity contribution in [2.24, 2.45) is 7.05 Å². The molecule has 1 heterocycles. The van der Waals surface area contributed by atoms with Crippen LogP contribution in [0.25, 0.3) is 32.9 Å². The molecule has 0 aliphatic carbocycles. The number of pyridine rings is 1. The molecule has 0 saturated heterocycles. The number of aryl methyl sites for hydroxylation is 1. The summed E-state index contributed by atoms with van der Waals surface area (Å²) in [6.07, 6.45) is 0. The molecule has 38 heavy (non-hydrogen) atoms. The summed E-state index contributed by atoms with van der Waals surface area (Å²) >= 11 is 0. The molecule has 0 saturated carbocycles. The zero-order valence-electron chi connectivity index (χ0n) is 20.6. The summed E-state index contributed by atoms with van der Waals surface area (Å²) in [6.45, 7) is 2.78. The number of benzene rings is 3. The van der Waals surface area contributed by atoms with E-state index >= 15 is 0 Å². The molecule has 1 aromatic heterocycles. The van der Waals surface area contributed by atoms with Gasteiger partial charge in [0.25, 0.3) is 0 Å². The third kappa shape index (κ3) is 9.72. The first-order chi connectivity index (χ1) is 17.7. The van der Waals surface area contributed by atoms with Crippen molar-refractivity contribution in [3.63, 3.8) is 0 Å². The van der Waals surface area contributed by atoms with Crippen LogP contribution in [0.4, 0.5) is 30.9 Å². The molecule has 0 spiro atoms. The summed E-state index contributed by atoms with van der Waals surface area (Å²) in [6, 6.07) is 25.7. The number of aliphatic hydroxyl groups excluding tert-OH is 1. The molecule has 208 valence electrons. The van der Waals surface area contributed by atoms with E-state index in [4.69, 9.17) is 14.6 Å². The van der Waals surface area contributed by atoms with Crippen molar-refractivity contribution in [2.75, 3.05) is 44.9 Å². The molecule has 4 rings (SSSR count). The van der Waals surface area contributed by atoms with Crippen molar-refractivity contribution >= 4 is 35.3 Å². The van der Waals surface area contributed by atoms with Crippen LogP contribution in [0.15, 0.2) is 72.8 Å². The van der Waals surface area contributed by atoms with Gasteiger partial charge in [-0.3, -0.25) is 0 Å². The standard InChI is InChI=1S/C26H28N2O3.F6P/c1-28-24-8-4-2-6-22(24)26(23-7-3-5-9-25(23)28)20-10-12-21(13-11-20)27-14-16-30-18-19-31-17-15-29;1-7(2,3,4,5)6/h2-13,29H,14-19H2,1H3;/q;-1/p+1. The molecule has 3 aromatic carbocycles. The number of aromatic nitrogens is 1. The van der Waals surface area contributed by atoms with Gasteiger partial charge in [-0.1, -0.05) is 36.4 Å². The number of fused-ring (bicyclic) bond motifs is 2. The fourth-order valence-electron chi connectivity index (χ4n) is 3.95. The van der Waals surface area contributed by atoms with Gasteiger partial charge in [-0.2, -0.15) is 4.57 Å². The number of nitrogens with zero attached hydrogens (tertiary/aromatic N) is 1. The molecule has 0 radical (unpaired) electrons. The van der Waals surface area contributed by atoms with Crippen molar-refractivity contribution < 1.29 is 44.3 Å². The summed E-state index contributed by atoms with van der Waals surface area (Å²) in [5.74, 6) is 0. The van der Waals surface area contributed by atoms with Crippen LogP contribution >= 0.6 is 7.81 Å². The third-order valence-corrected chi connectivity index (χ3v) is 5.43. The van der Waals surface area contributed by atoms with E-state index in [9.17, 15) is 25.2 Å². The van der Waals surface area contributed by atoms with E-state index < -0.39 is 7.81 Å². The second kappa shape index (κ2) is 11.4. The van der Waals surface area contributed by atoms with Crippen molar-refractivity contribution in [1.82, 2.24) is 0 Å². The molecule has 2 N–H and O–H groups in total. The monoisotopic (exact) mass is 562 g/mol. The number of ether oxygens (including phenoxy) is 2. The van der Waals surface area contributed by atoms with E-state index in [0.717, 1.165) is 12.2 Å². The summed E-state index contributed by atoms with van der Waals surface area (Å²) < 4.78 is 72.2. The van der Waals surface area contributed by atoms with Gasteiger partial charge in [0, 0.05) is 29.9 Å². The van der Waals surface area contributed by atoms with Crippen molar-refractivity contribution in [1.29, 1.82) is 0 Å². The number of hydrogen-bond donors (Lipinski definition) is 2. The minimum atomic E-state index is -10.7. The van der Waals surface area contributed by atoms with Crippen LogP contribution in [0.3, 0.4) is 0 Å². The van der Waals surface area contributed by atoms with Crippen molar-refractivity contribution in [3.8, 4) is 11.1 Å². The van der Waals surface area contributed by atoms with Crippen LogP contribution in [0.1, 0.15) is 0 Å². The molecule has 4 aromatic rings. The Morgan fingerprint density at radius 2 is 1.18 bits per heavy atom. The van der Waals surface area contributed by atoms with Crippen LogP contribution in [0, 0.1) is 0 Å². The van der Waals surface area contributed by atoms with Crippen molar-refractivity contribution in [2.45, 2.75) is 0 Å². The maximum atomic E-state index is 9.87. The first kappa shape index (κ1) is 29.6. The number of nitrogens with one attached hydrogen (secondary N) is 1. The number of para-hydroxylation sites is 2. The van der Waals surface area contributed by atoms with E-state index in [1.807, 2.05) is 0 Å². The quantitative estimate of drug-likeness (QED) is 0.0700. The Kier molecular flexibility index (Phi) is 8.88. The average molecular weight is 562 g/mol. The Hall–Kier alpha value is -2.98. The topological polar surface area (TPSA) is 54.6 Å². The third-order valence-electron chi connectivity index (χ3n) is 5.43. The molecule has 0 atom stereocenters.